The van der Waals surface area contributed by atoms with Crippen molar-refractivity contribution in [1.82, 2.24) is 14.8 Å². The van der Waals surface area contributed by atoms with Gasteiger partial charge in [-0.05, 0) is 31.4 Å². The summed E-state index contributed by atoms with van der Waals surface area (Å²) in [5.41, 5.74) is 12.2. The first-order valence-corrected chi connectivity index (χ1v) is 10.7. The van der Waals surface area contributed by atoms with Gasteiger partial charge in [0.1, 0.15) is 27.3 Å². The van der Waals surface area contributed by atoms with Crippen molar-refractivity contribution in [3.8, 4) is 10.6 Å². The van der Waals surface area contributed by atoms with Crippen LogP contribution < -0.4 is 21.7 Å². The molecule has 3 heterocycles. The quantitative estimate of drug-likeness (QED) is 0.566. The predicted molar refractivity (Wildman–Crippen MR) is 117 cm³/mol. The van der Waals surface area contributed by atoms with Gasteiger partial charge in [-0.25, -0.2) is 13.8 Å². The van der Waals surface area contributed by atoms with Crippen molar-refractivity contribution in [2.45, 2.75) is 25.3 Å². The first-order chi connectivity index (χ1) is 14.8. The van der Waals surface area contributed by atoms with Gasteiger partial charge in [0, 0.05) is 26.2 Å². The van der Waals surface area contributed by atoms with E-state index in [1.54, 1.807) is 17.9 Å². The minimum absolute atomic E-state index is 0.00571. The molecule has 5 N–H and O–H groups in total. The van der Waals surface area contributed by atoms with Gasteiger partial charge >= 0.3 is 0 Å². The van der Waals surface area contributed by atoms with Gasteiger partial charge in [-0.15, -0.1) is 0 Å². The molecule has 0 spiro atoms. The van der Waals surface area contributed by atoms with Gasteiger partial charge in [0.25, 0.3) is 5.91 Å². The number of aryl methyl sites for hydroxylation is 1. The fourth-order valence-corrected chi connectivity index (χ4v) is 4.59. The molecule has 4 rings (SSSR count). The molecule has 1 fully saturated rings. The van der Waals surface area contributed by atoms with E-state index >= 15 is 0 Å². The molecule has 0 unspecified atom stereocenters. The Kier molecular flexibility index (Phi) is 5.88. The molecule has 1 amide bonds. The van der Waals surface area contributed by atoms with E-state index in [-0.39, 0.29) is 27.3 Å². The lowest BCUT2D eigenvalue weighted by Crippen LogP contribution is -2.29. The zero-order valence-electron chi connectivity index (χ0n) is 16.9. The van der Waals surface area contributed by atoms with Crippen molar-refractivity contribution in [3.05, 3.63) is 41.7 Å². The van der Waals surface area contributed by atoms with Crippen molar-refractivity contribution >= 4 is 33.8 Å². The topological polar surface area (TPSA) is 115 Å². The van der Waals surface area contributed by atoms with Crippen LogP contribution in [0, 0.1) is 11.6 Å². The summed E-state index contributed by atoms with van der Waals surface area (Å²) in [4.78, 5) is 19.2. The lowest BCUT2D eigenvalue weighted by molar-refractivity contribution is 0.102. The fraction of sp³-hybridized carbons (Fsp3) is 0.350. The first-order valence-electron chi connectivity index (χ1n) is 9.89. The molecule has 0 saturated carbocycles. The maximum Gasteiger partial charge on any atom is 0.277 e. The summed E-state index contributed by atoms with van der Waals surface area (Å²) in [6.45, 7) is 1.55. The van der Waals surface area contributed by atoms with Gasteiger partial charge in [-0.3, -0.25) is 9.48 Å². The molecule has 0 aliphatic carbocycles. The summed E-state index contributed by atoms with van der Waals surface area (Å²) in [7, 11) is 1.80. The maximum atomic E-state index is 14.1. The average Bonchev–Trinajstić information content (AvgIpc) is 3.19. The number of hydrogen-bond donors (Lipinski definition) is 3. The Morgan fingerprint density at radius 3 is 2.74 bits per heavy atom. The SMILES string of the molecule is Cn1ncc(NC(=O)c2nc(-c3c(F)cccc3F)sc2N)c1N1CCC[C@H](N)CC1. The van der Waals surface area contributed by atoms with E-state index in [1.165, 1.54) is 6.07 Å². The normalized spacial score (nSPS) is 16.9. The Hall–Kier alpha value is -3.05. The Labute approximate surface area is 181 Å². The smallest absolute Gasteiger partial charge is 0.277 e. The number of anilines is 3. The third kappa shape index (κ3) is 4.23. The molecular weight excluding hydrogens is 424 g/mol. The molecular formula is C20H23F2N7OS. The number of rotatable bonds is 4. The number of carbonyl (C=O) groups is 1. The number of thiazole rings is 1. The predicted octanol–water partition coefficient (Wildman–Crippen LogP) is 2.97. The van der Waals surface area contributed by atoms with Crippen LogP contribution in [0.25, 0.3) is 10.6 Å². The largest absolute Gasteiger partial charge is 0.389 e. The van der Waals surface area contributed by atoms with Gasteiger partial charge in [0.05, 0.1) is 11.8 Å². The third-order valence-electron chi connectivity index (χ3n) is 5.27. The molecule has 0 radical (unpaired) electrons. The zero-order valence-corrected chi connectivity index (χ0v) is 17.8. The highest BCUT2D eigenvalue weighted by Crippen LogP contribution is 2.34. The van der Waals surface area contributed by atoms with Crippen molar-refractivity contribution in [2.24, 2.45) is 12.8 Å². The second-order valence-electron chi connectivity index (χ2n) is 7.47. The highest BCUT2D eigenvalue weighted by molar-refractivity contribution is 7.19. The fourth-order valence-electron chi connectivity index (χ4n) is 3.71. The van der Waals surface area contributed by atoms with E-state index in [0.717, 1.165) is 61.6 Å². The molecule has 1 saturated heterocycles. The number of amides is 1. The minimum Gasteiger partial charge on any atom is -0.389 e. The van der Waals surface area contributed by atoms with E-state index in [0.29, 0.717) is 5.69 Å². The first kappa shape index (κ1) is 21.2. The zero-order chi connectivity index (χ0) is 22.1. The summed E-state index contributed by atoms with van der Waals surface area (Å²) in [5, 5.41) is 7.14. The number of benzene rings is 1. The van der Waals surface area contributed by atoms with Gasteiger partial charge in [-0.2, -0.15) is 5.10 Å². The van der Waals surface area contributed by atoms with Crippen molar-refractivity contribution < 1.29 is 13.6 Å². The third-order valence-corrected chi connectivity index (χ3v) is 6.18. The van der Waals surface area contributed by atoms with Crippen LogP contribution in [0.5, 0.6) is 0 Å². The molecule has 1 atom stereocenters. The Bertz CT molecular complexity index is 1090. The minimum atomic E-state index is -0.769. The van der Waals surface area contributed by atoms with E-state index in [1.807, 2.05) is 0 Å². The van der Waals surface area contributed by atoms with Crippen molar-refractivity contribution in [2.75, 3.05) is 29.0 Å². The van der Waals surface area contributed by atoms with Crippen LogP contribution in [0.15, 0.2) is 24.4 Å². The van der Waals surface area contributed by atoms with Crippen molar-refractivity contribution in [3.63, 3.8) is 0 Å². The Morgan fingerprint density at radius 2 is 2.00 bits per heavy atom. The van der Waals surface area contributed by atoms with Crippen LogP contribution in [0.4, 0.5) is 25.3 Å². The highest BCUT2D eigenvalue weighted by Gasteiger charge is 2.25. The van der Waals surface area contributed by atoms with Crippen molar-refractivity contribution in [1.29, 1.82) is 0 Å². The molecule has 3 aromatic rings. The van der Waals surface area contributed by atoms with Crippen LogP contribution in [0.1, 0.15) is 29.8 Å². The summed E-state index contributed by atoms with van der Waals surface area (Å²) < 4.78 is 29.9. The second-order valence-corrected chi connectivity index (χ2v) is 8.50. The number of halogens is 2. The summed E-state index contributed by atoms with van der Waals surface area (Å²) in [6, 6.07) is 3.68. The number of nitrogens with one attached hydrogen (secondary N) is 1. The number of carbonyl (C=O) groups excluding carboxylic acids is 1. The van der Waals surface area contributed by atoms with Gasteiger partial charge in [-0.1, -0.05) is 17.4 Å². The van der Waals surface area contributed by atoms with Crippen LogP contribution in [0.2, 0.25) is 0 Å². The maximum absolute atomic E-state index is 14.1. The summed E-state index contributed by atoms with van der Waals surface area (Å²) in [6.07, 6.45) is 4.28. The van der Waals surface area contributed by atoms with Gasteiger partial charge in [0.2, 0.25) is 0 Å². The lowest BCUT2D eigenvalue weighted by atomic mass is 10.1. The second kappa shape index (κ2) is 8.60. The number of nitrogens with two attached hydrogens (primary N) is 2. The van der Waals surface area contributed by atoms with Crippen LogP contribution in [0.3, 0.4) is 0 Å². The Morgan fingerprint density at radius 1 is 1.26 bits per heavy atom. The van der Waals surface area contributed by atoms with E-state index in [9.17, 15) is 13.6 Å². The van der Waals surface area contributed by atoms with Gasteiger partial charge in [0.15, 0.2) is 11.5 Å². The van der Waals surface area contributed by atoms with Crippen LogP contribution in [-0.2, 0) is 7.05 Å². The highest BCUT2D eigenvalue weighted by atomic mass is 32.1. The van der Waals surface area contributed by atoms with E-state index in [4.69, 9.17) is 11.5 Å². The number of hydrogen-bond acceptors (Lipinski definition) is 7. The standard InChI is InChI=1S/C20H23F2N7OS/c1-28-20(29-8-3-4-11(23)7-9-29)14(10-25-28)26-18(30)16-17(24)31-19(27-16)15-12(21)5-2-6-13(15)22/h2,5-6,10-11H,3-4,7-9,23-24H2,1H3,(H,26,30)/t11-/m0/s1. The van der Waals surface area contributed by atoms with Gasteiger partial charge < -0.3 is 21.7 Å². The molecule has 31 heavy (non-hydrogen) atoms. The monoisotopic (exact) mass is 447 g/mol. The average molecular weight is 448 g/mol. The number of aromatic nitrogens is 3. The van der Waals surface area contributed by atoms with Crippen LogP contribution >= 0.6 is 11.3 Å². The summed E-state index contributed by atoms with van der Waals surface area (Å²) in [5.74, 6) is -1.35. The molecule has 0 bridgehead atoms. The molecule has 1 aromatic carbocycles. The molecule has 11 heteroatoms. The molecule has 8 nitrogen and oxygen atoms in total. The Balaban J connectivity index is 1.60. The molecule has 1 aliphatic heterocycles. The molecule has 164 valence electrons. The van der Waals surface area contributed by atoms with E-state index < -0.39 is 17.5 Å². The van der Waals surface area contributed by atoms with E-state index in [2.05, 4.69) is 20.3 Å². The summed E-state index contributed by atoms with van der Waals surface area (Å²) >= 11 is 0.856. The molecule has 2 aromatic heterocycles. The number of nitrogen functional groups attached to an aromatic ring is 1. The lowest BCUT2D eigenvalue weighted by Gasteiger charge is -2.24. The number of nitrogens with zero attached hydrogens (tertiary/aromatic N) is 4. The molecule has 1 aliphatic rings. The van der Waals surface area contributed by atoms with Crippen LogP contribution in [-0.4, -0.2) is 39.8 Å².